The Kier molecular flexibility index (Phi) is 5.52. The van der Waals surface area contributed by atoms with Crippen LogP contribution in [0.4, 0.5) is 0 Å². The summed E-state index contributed by atoms with van der Waals surface area (Å²) in [6.45, 7) is 2.37. The predicted octanol–water partition coefficient (Wildman–Crippen LogP) is 4.20. The second-order valence-corrected chi connectivity index (χ2v) is 6.23. The van der Waals surface area contributed by atoms with Crippen molar-refractivity contribution in [2.24, 2.45) is 5.92 Å². The lowest BCUT2D eigenvalue weighted by molar-refractivity contribution is 0.147. The van der Waals surface area contributed by atoms with E-state index in [9.17, 15) is 5.11 Å². The lowest BCUT2D eigenvalue weighted by Gasteiger charge is -2.33. The highest BCUT2D eigenvalue weighted by Crippen LogP contribution is 2.30. The van der Waals surface area contributed by atoms with Crippen molar-refractivity contribution in [2.45, 2.75) is 44.7 Å². The summed E-state index contributed by atoms with van der Waals surface area (Å²) in [6.07, 6.45) is 4.69. The van der Waals surface area contributed by atoms with Gasteiger partial charge in [-0.2, -0.15) is 0 Å². The van der Waals surface area contributed by atoms with Gasteiger partial charge < -0.3 is 10.4 Å². The minimum Gasteiger partial charge on any atom is -0.396 e. The van der Waals surface area contributed by atoms with Gasteiger partial charge in [-0.1, -0.05) is 42.1 Å². The SMILES string of the molecule is CC(NC1CCCCC1CO)c1ccc(Cl)cc1Cl. The largest absolute Gasteiger partial charge is 0.396 e. The van der Waals surface area contributed by atoms with Crippen molar-refractivity contribution in [2.75, 3.05) is 6.61 Å². The highest BCUT2D eigenvalue weighted by atomic mass is 35.5. The summed E-state index contributed by atoms with van der Waals surface area (Å²) < 4.78 is 0. The predicted molar refractivity (Wildman–Crippen MR) is 80.8 cm³/mol. The molecule has 1 aliphatic rings. The fourth-order valence-electron chi connectivity index (χ4n) is 2.91. The van der Waals surface area contributed by atoms with Crippen molar-refractivity contribution in [3.63, 3.8) is 0 Å². The maximum atomic E-state index is 9.45. The first-order chi connectivity index (χ1) is 9.11. The van der Waals surface area contributed by atoms with Crippen LogP contribution in [0.25, 0.3) is 0 Å². The van der Waals surface area contributed by atoms with Crippen molar-refractivity contribution in [1.82, 2.24) is 5.32 Å². The summed E-state index contributed by atoms with van der Waals surface area (Å²) in [5.74, 6) is 0.363. The van der Waals surface area contributed by atoms with Gasteiger partial charge in [-0.25, -0.2) is 0 Å². The zero-order chi connectivity index (χ0) is 13.8. The minimum atomic E-state index is 0.168. The standard InChI is InChI=1S/C15H21Cl2NO/c1-10(13-7-6-12(16)8-14(13)17)18-15-5-3-2-4-11(15)9-19/h6-8,10-11,15,18-19H,2-5,9H2,1H3. The van der Waals surface area contributed by atoms with Crippen LogP contribution in [0.1, 0.15) is 44.2 Å². The van der Waals surface area contributed by atoms with Crippen LogP contribution >= 0.6 is 23.2 Å². The van der Waals surface area contributed by atoms with Crippen molar-refractivity contribution in [3.8, 4) is 0 Å². The molecular formula is C15H21Cl2NO. The molecule has 0 aromatic heterocycles. The highest BCUT2D eigenvalue weighted by Gasteiger charge is 2.26. The number of halogens is 2. The summed E-state index contributed by atoms with van der Waals surface area (Å²) in [7, 11) is 0. The van der Waals surface area contributed by atoms with Gasteiger partial charge in [0.2, 0.25) is 0 Å². The Morgan fingerprint density at radius 3 is 2.74 bits per heavy atom. The molecule has 1 fully saturated rings. The van der Waals surface area contributed by atoms with Gasteiger partial charge in [-0.3, -0.25) is 0 Å². The second-order valence-electron chi connectivity index (χ2n) is 5.39. The summed E-state index contributed by atoms with van der Waals surface area (Å²) in [4.78, 5) is 0. The number of aliphatic hydroxyl groups is 1. The molecule has 1 aromatic carbocycles. The molecule has 1 saturated carbocycles. The molecule has 0 heterocycles. The maximum absolute atomic E-state index is 9.45. The van der Waals surface area contributed by atoms with Crippen LogP contribution in [-0.4, -0.2) is 17.8 Å². The van der Waals surface area contributed by atoms with E-state index in [1.54, 1.807) is 6.07 Å². The highest BCUT2D eigenvalue weighted by molar-refractivity contribution is 6.35. The zero-order valence-corrected chi connectivity index (χ0v) is 12.7. The third kappa shape index (κ3) is 3.85. The van der Waals surface area contributed by atoms with Crippen LogP contribution < -0.4 is 5.32 Å². The molecule has 2 rings (SSSR count). The Hall–Kier alpha value is -0.280. The Bertz CT molecular complexity index is 425. The van der Waals surface area contributed by atoms with Crippen LogP contribution in [0.2, 0.25) is 10.0 Å². The molecule has 0 saturated heterocycles. The van der Waals surface area contributed by atoms with E-state index in [-0.39, 0.29) is 12.6 Å². The van der Waals surface area contributed by atoms with Crippen molar-refractivity contribution < 1.29 is 5.11 Å². The second kappa shape index (κ2) is 6.94. The molecule has 19 heavy (non-hydrogen) atoms. The Balaban J connectivity index is 2.05. The molecule has 106 valence electrons. The normalized spacial score (nSPS) is 25.3. The molecule has 3 atom stereocenters. The molecule has 0 radical (unpaired) electrons. The molecule has 0 amide bonds. The van der Waals surface area contributed by atoms with Crippen molar-refractivity contribution in [3.05, 3.63) is 33.8 Å². The first kappa shape index (κ1) is 15.1. The smallest absolute Gasteiger partial charge is 0.0474 e. The number of rotatable bonds is 4. The van der Waals surface area contributed by atoms with Crippen LogP contribution in [0, 0.1) is 5.92 Å². The van der Waals surface area contributed by atoms with Crippen molar-refractivity contribution in [1.29, 1.82) is 0 Å². The van der Waals surface area contributed by atoms with Gasteiger partial charge in [0, 0.05) is 28.7 Å². The van der Waals surface area contributed by atoms with Gasteiger partial charge in [0.15, 0.2) is 0 Å². The molecule has 4 heteroatoms. The minimum absolute atomic E-state index is 0.168. The molecular weight excluding hydrogens is 281 g/mol. The number of nitrogens with one attached hydrogen (secondary N) is 1. The van der Waals surface area contributed by atoms with E-state index in [1.807, 2.05) is 12.1 Å². The number of hydrogen-bond acceptors (Lipinski definition) is 2. The molecule has 0 aliphatic heterocycles. The van der Waals surface area contributed by atoms with E-state index in [2.05, 4.69) is 12.2 Å². The average Bonchev–Trinajstić information content (AvgIpc) is 2.39. The fourth-order valence-corrected chi connectivity index (χ4v) is 3.48. The zero-order valence-electron chi connectivity index (χ0n) is 11.2. The van der Waals surface area contributed by atoms with Crippen molar-refractivity contribution >= 4 is 23.2 Å². The van der Waals surface area contributed by atoms with Crippen LogP contribution in [-0.2, 0) is 0 Å². The summed E-state index contributed by atoms with van der Waals surface area (Å²) in [5, 5.41) is 14.4. The summed E-state index contributed by atoms with van der Waals surface area (Å²) >= 11 is 12.2. The number of aliphatic hydroxyl groups excluding tert-OH is 1. The lowest BCUT2D eigenvalue weighted by Crippen LogP contribution is -2.41. The molecule has 0 bridgehead atoms. The van der Waals surface area contributed by atoms with Gasteiger partial charge in [0.1, 0.15) is 0 Å². The van der Waals surface area contributed by atoms with Crippen LogP contribution in [0.3, 0.4) is 0 Å². The Morgan fingerprint density at radius 1 is 1.32 bits per heavy atom. The monoisotopic (exact) mass is 301 g/mol. The summed E-state index contributed by atoms with van der Waals surface area (Å²) in [6, 6.07) is 6.16. The molecule has 1 aliphatic carbocycles. The molecule has 0 spiro atoms. The topological polar surface area (TPSA) is 32.3 Å². The first-order valence-electron chi connectivity index (χ1n) is 6.93. The Morgan fingerprint density at radius 2 is 2.05 bits per heavy atom. The molecule has 2 N–H and O–H groups in total. The molecule has 1 aromatic rings. The third-order valence-electron chi connectivity index (χ3n) is 4.04. The quantitative estimate of drug-likeness (QED) is 0.874. The van der Waals surface area contributed by atoms with Gasteiger partial charge >= 0.3 is 0 Å². The molecule has 3 unspecified atom stereocenters. The van der Waals surface area contributed by atoms with Crippen LogP contribution in [0.5, 0.6) is 0 Å². The van der Waals surface area contributed by atoms with E-state index < -0.39 is 0 Å². The van der Waals surface area contributed by atoms with Gasteiger partial charge in [-0.15, -0.1) is 0 Å². The van der Waals surface area contributed by atoms with Crippen LogP contribution in [0.15, 0.2) is 18.2 Å². The van der Waals surface area contributed by atoms with E-state index in [0.717, 1.165) is 18.4 Å². The third-order valence-corrected chi connectivity index (χ3v) is 4.60. The fraction of sp³-hybridized carbons (Fsp3) is 0.600. The van der Waals surface area contributed by atoms with E-state index >= 15 is 0 Å². The van der Waals surface area contributed by atoms with Gasteiger partial charge in [0.25, 0.3) is 0 Å². The lowest BCUT2D eigenvalue weighted by atomic mass is 9.84. The van der Waals surface area contributed by atoms with E-state index in [1.165, 1.54) is 12.8 Å². The first-order valence-corrected chi connectivity index (χ1v) is 7.69. The van der Waals surface area contributed by atoms with Gasteiger partial charge in [-0.05, 0) is 43.4 Å². The average molecular weight is 302 g/mol. The number of benzene rings is 1. The van der Waals surface area contributed by atoms with E-state index in [0.29, 0.717) is 22.0 Å². The summed E-state index contributed by atoms with van der Waals surface area (Å²) in [5.41, 5.74) is 1.06. The van der Waals surface area contributed by atoms with Gasteiger partial charge in [0.05, 0.1) is 0 Å². The molecule has 2 nitrogen and oxygen atoms in total. The Labute approximate surface area is 125 Å². The van der Waals surface area contributed by atoms with E-state index in [4.69, 9.17) is 23.2 Å². The number of hydrogen-bond donors (Lipinski definition) is 2. The maximum Gasteiger partial charge on any atom is 0.0474 e.